The largest absolute Gasteiger partial charge is 0.493 e. The number of guanidine groups is 1. The lowest BCUT2D eigenvalue weighted by molar-refractivity contribution is 0.158. The van der Waals surface area contributed by atoms with Gasteiger partial charge in [0.05, 0.1) is 26.5 Å². The summed E-state index contributed by atoms with van der Waals surface area (Å²) in [6.45, 7) is 5.39. The lowest BCUT2D eigenvalue weighted by Crippen LogP contribution is -2.42. The van der Waals surface area contributed by atoms with Gasteiger partial charge in [-0.25, -0.2) is 0 Å². The van der Waals surface area contributed by atoms with Crippen molar-refractivity contribution in [1.82, 2.24) is 10.6 Å². The number of nitrogens with one attached hydrogen (secondary N) is 2. The highest BCUT2D eigenvalue weighted by molar-refractivity contribution is 5.79. The average Bonchev–Trinajstić information content (AvgIpc) is 3.19. The number of rotatable bonds is 9. The van der Waals surface area contributed by atoms with E-state index in [4.69, 9.17) is 13.9 Å². The van der Waals surface area contributed by atoms with Gasteiger partial charge in [-0.2, -0.15) is 0 Å². The average molecular weight is 361 g/mol. The predicted molar refractivity (Wildman–Crippen MR) is 101 cm³/mol. The number of nitrogens with zero attached hydrogens (tertiary/aromatic N) is 1. The molecule has 0 saturated carbocycles. The first-order valence-electron chi connectivity index (χ1n) is 8.67. The highest BCUT2D eigenvalue weighted by atomic mass is 16.5. The van der Waals surface area contributed by atoms with Crippen LogP contribution in [-0.2, 0) is 0 Å². The molecule has 2 unspecified atom stereocenters. The zero-order valence-corrected chi connectivity index (χ0v) is 15.4. The zero-order chi connectivity index (χ0) is 18.8. The van der Waals surface area contributed by atoms with Gasteiger partial charge in [0.1, 0.15) is 18.0 Å². The van der Waals surface area contributed by atoms with Crippen LogP contribution in [0.5, 0.6) is 11.5 Å². The maximum absolute atomic E-state index is 10.1. The predicted octanol–water partition coefficient (Wildman–Crippen LogP) is 2.34. The molecule has 0 radical (unpaired) electrons. The standard InChI is InChI=1S/C19H27N3O4/c1-4-20-19(22-13-15(23)16-10-7-11-25-16)21-12-14(2)26-18-9-6-5-8-17(18)24-3/h5-11,14-15,23H,4,12-13H2,1-3H3,(H2,20,21,22). The summed E-state index contributed by atoms with van der Waals surface area (Å²) in [5, 5.41) is 16.4. The summed E-state index contributed by atoms with van der Waals surface area (Å²) in [5.74, 6) is 2.49. The van der Waals surface area contributed by atoms with Crippen LogP contribution in [-0.4, -0.2) is 43.9 Å². The van der Waals surface area contributed by atoms with Crippen molar-refractivity contribution in [2.45, 2.75) is 26.1 Å². The Bertz CT molecular complexity index is 673. The van der Waals surface area contributed by atoms with Gasteiger partial charge >= 0.3 is 0 Å². The van der Waals surface area contributed by atoms with E-state index >= 15 is 0 Å². The quantitative estimate of drug-likeness (QED) is 0.469. The number of methoxy groups -OCH3 is 1. The first kappa shape index (κ1) is 19.7. The number of para-hydroxylation sites is 2. The van der Waals surface area contributed by atoms with Crippen LogP contribution < -0.4 is 20.1 Å². The van der Waals surface area contributed by atoms with E-state index in [1.54, 1.807) is 19.2 Å². The molecule has 0 aliphatic rings. The van der Waals surface area contributed by atoms with Gasteiger partial charge < -0.3 is 29.6 Å². The molecule has 2 aromatic rings. The minimum atomic E-state index is -0.775. The molecule has 0 fully saturated rings. The van der Waals surface area contributed by atoms with Crippen LogP contribution in [0.1, 0.15) is 25.7 Å². The molecule has 1 aromatic carbocycles. The maximum atomic E-state index is 10.1. The summed E-state index contributed by atoms with van der Waals surface area (Å²) in [6.07, 6.45) is 0.649. The monoisotopic (exact) mass is 361 g/mol. The fourth-order valence-corrected chi connectivity index (χ4v) is 2.31. The Morgan fingerprint density at radius 1 is 1.19 bits per heavy atom. The van der Waals surface area contributed by atoms with Gasteiger partial charge in [0.2, 0.25) is 0 Å². The minimum absolute atomic E-state index is 0.106. The Labute approximate surface area is 154 Å². The lowest BCUT2D eigenvalue weighted by Gasteiger charge is -2.19. The molecular weight excluding hydrogens is 334 g/mol. The first-order valence-corrected chi connectivity index (χ1v) is 8.67. The van der Waals surface area contributed by atoms with E-state index in [0.717, 1.165) is 0 Å². The van der Waals surface area contributed by atoms with E-state index in [-0.39, 0.29) is 12.6 Å². The molecule has 2 rings (SSSR count). The number of hydrogen-bond acceptors (Lipinski definition) is 5. The number of hydrogen-bond donors (Lipinski definition) is 3. The topological polar surface area (TPSA) is 88.3 Å². The highest BCUT2D eigenvalue weighted by Crippen LogP contribution is 2.26. The van der Waals surface area contributed by atoms with Crippen LogP contribution in [0.4, 0.5) is 0 Å². The third-order valence-corrected chi connectivity index (χ3v) is 3.59. The van der Waals surface area contributed by atoms with Crippen molar-refractivity contribution in [3.8, 4) is 11.5 Å². The smallest absolute Gasteiger partial charge is 0.191 e. The number of ether oxygens (including phenoxy) is 2. The summed E-state index contributed by atoms with van der Waals surface area (Å²) in [5.41, 5.74) is 0. The second-order valence-corrected chi connectivity index (χ2v) is 5.71. The molecule has 0 spiro atoms. The Balaban J connectivity index is 1.87. The van der Waals surface area contributed by atoms with E-state index in [2.05, 4.69) is 15.6 Å². The van der Waals surface area contributed by atoms with Crippen molar-refractivity contribution in [3.05, 3.63) is 48.4 Å². The highest BCUT2D eigenvalue weighted by Gasteiger charge is 2.12. The Hall–Kier alpha value is -2.67. The van der Waals surface area contributed by atoms with Crippen LogP contribution in [0.15, 0.2) is 52.1 Å². The Kier molecular flexibility index (Phi) is 7.82. The van der Waals surface area contributed by atoms with Crippen molar-refractivity contribution in [2.24, 2.45) is 4.99 Å². The number of aliphatic hydroxyl groups is 1. The zero-order valence-electron chi connectivity index (χ0n) is 15.4. The van der Waals surface area contributed by atoms with Gasteiger partial charge in [-0.15, -0.1) is 0 Å². The van der Waals surface area contributed by atoms with Gasteiger partial charge in [0.25, 0.3) is 0 Å². The summed E-state index contributed by atoms with van der Waals surface area (Å²) in [4.78, 5) is 4.39. The molecule has 0 aliphatic carbocycles. The third kappa shape index (κ3) is 6.00. The molecule has 142 valence electrons. The minimum Gasteiger partial charge on any atom is -0.493 e. The number of benzene rings is 1. The van der Waals surface area contributed by atoms with Crippen molar-refractivity contribution < 1.29 is 19.0 Å². The summed E-state index contributed by atoms with van der Waals surface area (Å²) in [7, 11) is 1.62. The molecule has 0 amide bonds. The molecule has 26 heavy (non-hydrogen) atoms. The van der Waals surface area contributed by atoms with Gasteiger partial charge in [-0.3, -0.25) is 4.99 Å². The van der Waals surface area contributed by atoms with Crippen LogP contribution in [0.3, 0.4) is 0 Å². The van der Waals surface area contributed by atoms with Crippen LogP contribution in [0, 0.1) is 0 Å². The molecule has 1 heterocycles. The maximum Gasteiger partial charge on any atom is 0.191 e. The van der Waals surface area contributed by atoms with Crippen LogP contribution in [0.25, 0.3) is 0 Å². The summed E-state index contributed by atoms with van der Waals surface area (Å²) in [6, 6.07) is 11.0. The molecule has 1 aromatic heterocycles. The summed E-state index contributed by atoms with van der Waals surface area (Å²) < 4.78 is 16.4. The van der Waals surface area contributed by atoms with Crippen molar-refractivity contribution in [1.29, 1.82) is 0 Å². The van der Waals surface area contributed by atoms with E-state index < -0.39 is 6.10 Å². The Morgan fingerprint density at radius 2 is 1.96 bits per heavy atom. The van der Waals surface area contributed by atoms with Gasteiger partial charge in [0.15, 0.2) is 17.5 Å². The van der Waals surface area contributed by atoms with E-state index in [1.807, 2.05) is 38.1 Å². The van der Waals surface area contributed by atoms with Crippen LogP contribution >= 0.6 is 0 Å². The fraction of sp³-hybridized carbons (Fsp3) is 0.421. The number of furan rings is 1. The molecule has 0 aliphatic heterocycles. The van der Waals surface area contributed by atoms with Crippen molar-refractivity contribution in [2.75, 3.05) is 26.7 Å². The molecule has 0 bridgehead atoms. The van der Waals surface area contributed by atoms with Gasteiger partial charge in [0, 0.05) is 6.54 Å². The first-order chi connectivity index (χ1) is 12.6. The fourth-order valence-electron chi connectivity index (χ4n) is 2.31. The van der Waals surface area contributed by atoms with E-state index in [0.29, 0.717) is 36.3 Å². The third-order valence-electron chi connectivity index (χ3n) is 3.59. The van der Waals surface area contributed by atoms with Gasteiger partial charge in [-0.05, 0) is 38.1 Å². The van der Waals surface area contributed by atoms with Crippen molar-refractivity contribution >= 4 is 5.96 Å². The van der Waals surface area contributed by atoms with E-state index in [1.165, 1.54) is 6.26 Å². The SMILES string of the molecule is CCNC(=NCC(O)c1ccco1)NCC(C)Oc1ccccc1OC. The second-order valence-electron chi connectivity index (χ2n) is 5.71. The molecule has 7 nitrogen and oxygen atoms in total. The molecule has 2 atom stereocenters. The number of aliphatic imine (C=N–C) groups is 1. The number of aliphatic hydroxyl groups excluding tert-OH is 1. The lowest BCUT2D eigenvalue weighted by atomic mass is 10.3. The molecule has 3 N–H and O–H groups in total. The van der Waals surface area contributed by atoms with Gasteiger partial charge in [-0.1, -0.05) is 12.1 Å². The van der Waals surface area contributed by atoms with Crippen LogP contribution in [0.2, 0.25) is 0 Å². The normalized spacial score (nSPS) is 13.8. The second kappa shape index (κ2) is 10.4. The Morgan fingerprint density at radius 3 is 2.62 bits per heavy atom. The van der Waals surface area contributed by atoms with Crippen molar-refractivity contribution in [3.63, 3.8) is 0 Å². The summed E-state index contributed by atoms with van der Waals surface area (Å²) >= 11 is 0. The molecule has 7 heteroatoms. The van der Waals surface area contributed by atoms with E-state index in [9.17, 15) is 5.11 Å². The molecular formula is C19H27N3O4. The molecule has 0 saturated heterocycles.